The lowest BCUT2D eigenvalue weighted by Gasteiger charge is -2.38. The van der Waals surface area contributed by atoms with Crippen LogP contribution in [0.25, 0.3) is 0 Å². The van der Waals surface area contributed by atoms with Crippen LogP contribution >= 0.6 is 0 Å². The molecule has 19 heavy (non-hydrogen) atoms. The van der Waals surface area contributed by atoms with Crippen LogP contribution in [0.15, 0.2) is 12.5 Å². The topological polar surface area (TPSA) is 64.5 Å². The maximum absolute atomic E-state index is 11.8. The fourth-order valence-corrected chi connectivity index (χ4v) is 2.99. The van der Waals surface area contributed by atoms with Crippen LogP contribution in [0.3, 0.4) is 0 Å². The van der Waals surface area contributed by atoms with Gasteiger partial charge < -0.3 is 14.4 Å². The number of methoxy groups -OCH3 is 1. The van der Waals surface area contributed by atoms with Gasteiger partial charge in [0.25, 0.3) is 0 Å². The van der Waals surface area contributed by atoms with Crippen molar-refractivity contribution >= 4 is 11.8 Å². The van der Waals surface area contributed by atoms with E-state index in [0.717, 1.165) is 25.8 Å². The van der Waals surface area contributed by atoms with Gasteiger partial charge in [-0.2, -0.15) is 0 Å². The molecule has 0 amide bonds. The molecule has 3 rings (SSSR count). The summed E-state index contributed by atoms with van der Waals surface area (Å²) in [4.78, 5) is 22.2. The van der Waals surface area contributed by atoms with E-state index in [0.29, 0.717) is 24.0 Å². The number of hydrogen-bond donors (Lipinski definition) is 0. The van der Waals surface area contributed by atoms with Crippen LogP contribution < -0.4 is 4.90 Å². The molecule has 0 radical (unpaired) electrons. The summed E-state index contributed by atoms with van der Waals surface area (Å²) in [6.45, 7) is 1.42. The number of aromatic nitrogens is 2. The van der Waals surface area contributed by atoms with Crippen molar-refractivity contribution in [1.29, 1.82) is 0 Å². The fourth-order valence-electron chi connectivity index (χ4n) is 2.99. The molecule has 102 valence electrons. The van der Waals surface area contributed by atoms with Crippen LogP contribution in [-0.4, -0.2) is 48.3 Å². The van der Waals surface area contributed by atoms with Gasteiger partial charge in [0.05, 0.1) is 25.9 Å². The van der Waals surface area contributed by atoms with E-state index in [1.165, 1.54) is 19.6 Å². The summed E-state index contributed by atoms with van der Waals surface area (Å²) < 4.78 is 10.6. The number of carbonyl (C=O) groups excluding carboxylic acids is 1. The van der Waals surface area contributed by atoms with Crippen molar-refractivity contribution in [1.82, 2.24) is 9.97 Å². The largest absolute Gasteiger partial charge is 0.465 e. The molecule has 0 bridgehead atoms. The number of rotatable bonds is 2. The van der Waals surface area contributed by atoms with Gasteiger partial charge in [-0.3, -0.25) is 0 Å². The minimum Gasteiger partial charge on any atom is -0.465 e. The zero-order chi connectivity index (χ0) is 13.2. The molecule has 2 unspecified atom stereocenters. The standard InChI is InChI=1S/C13H17N3O3/c1-18-13(17)9-7-14-8-15-12(9)16-5-6-19-11-4-2-3-10(11)16/h7-8,10-11H,2-6H2,1H3. The zero-order valence-corrected chi connectivity index (χ0v) is 10.9. The lowest BCUT2D eigenvalue weighted by atomic mass is 10.1. The van der Waals surface area contributed by atoms with Crippen LogP contribution in [-0.2, 0) is 9.47 Å². The summed E-state index contributed by atoms with van der Waals surface area (Å²) in [6, 6.07) is 0.312. The van der Waals surface area contributed by atoms with Crippen LogP contribution in [0.2, 0.25) is 0 Å². The third-order valence-corrected chi connectivity index (χ3v) is 3.85. The monoisotopic (exact) mass is 263 g/mol. The van der Waals surface area contributed by atoms with E-state index in [4.69, 9.17) is 9.47 Å². The molecule has 2 atom stereocenters. The molecule has 0 N–H and O–H groups in total. The van der Waals surface area contributed by atoms with Crippen LogP contribution in [0.1, 0.15) is 29.6 Å². The van der Waals surface area contributed by atoms with Crippen molar-refractivity contribution in [3.63, 3.8) is 0 Å². The minimum atomic E-state index is -0.392. The molecule has 6 heteroatoms. The van der Waals surface area contributed by atoms with Gasteiger partial charge in [0.2, 0.25) is 0 Å². The van der Waals surface area contributed by atoms with E-state index in [2.05, 4.69) is 14.9 Å². The number of hydrogen-bond acceptors (Lipinski definition) is 6. The predicted octanol–water partition coefficient (Wildman–Crippen LogP) is 1.02. The number of fused-ring (bicyclic) bond motifs is 1. The Balaban J connectivity index is 1.94. The molecule has 0 aromatic carbocycles. The fraction of sp³-hybridized carbons (Fsp3) is 0.615. The summed E-state index contributed by atoms with van der Waals surface area (Å²) >= 11 is 0. The smallest absolute Gasteiger partial charge is 0.343 e. The molecule has 2 fully saturated rings. The molecule has 1 aliphatic heterocycles. The van der Waals surface area contributed by atoms with E-state index in [9.17, 15) is 4.79 Å². The van der Waals surface area contributed by atoms with Crippen LogP contribution in [0.5, 0.6) is 0 Å². The number of esters is 1. The Morgan fingerprint density at radius 3 is 3.26 bits per heavy atom. The van der Waals surface area contributed by atoms with E-state index in [1.54, 1.807) is 0 Å². The van der Waals surface area contributed by atoms with E-state index < -0.39 is 5.97 Å². The van der Waals surface area contributed by atoms with Gasteiger partial charge in [0, 0.05) is 12.7 Å². The number of anilines is 1. The van der Waals surface area contributed by atoms with Gasteiger partial charge in [0.15, 0.2) is 0 Å². The van der Waals surface area contributed by atoms with Crippen LogP contribution in [0.4, 0.5) is 5.82 Å². The van der Waals surface area contributed by atoms with Gasteiger partial charge >= 0.3 is 5.97 Å². The quantitative estimate of drug-likeness (QED) is 0.742. The maximum atomic E-state index is 11.8. The number of ether oxygens (including phenoxy) is 2. The SMILES string of the molecule is COC(=O)c1cncnc1N1CCOC2CCCC21. The molecular weight excluding hydrogens is 246 g/mol. The first-order valence-corrected chi connectivity index (χ1v) is 6.58. The van der Waals surface area contributed by atoms with Crippen molar-refractivity contribution in [2.75, 3.05) is 25.2 Å². The van der Waals surface area contributed by atoms with E-state index in [1.807, 2.05) is 0 Å². The molecule has 1 aliphatic carbocycles. The number of morpholine rings is 1. The van der Waals surface area contributed by atoms with Crippen molar-refractivity contribution < 1.29 is 14.3 Å². The molecule has 1 aromatic rings. The number of nitrogens with zero attached hydrogens (tertiary/aromatic N) is 3. The Labute approximate surface area is 111 Å². The third-order valence-electron chi connectivity index (χ3n) is 3.85. The normalized spacial score (nSPS) is 26.1. The Hall–Kier alpha value is -1.69. The molecule has 1 aromatic heterocycles. The molecule has 1 saturated carbocycles. The summed E-state index contributed by atoms with van der Waals surface area (Å²) in [5, 5.41) is 0. The first-order valence-electron chi connectivity index (χ1n) is 6.58. The maximum Gasteiger partial charge on any atom is 0.343 e. The van der Waals surface area contributed by atoms with E-state index >= 15 is 0 Å². The number of carbonyl (C=O) groups is 1. The Morgan fingerprint density at radius 1 is 1.53 bits per heavy atom. The minimum absolute atomic E-state index is 0.259. The average Bonchev–Trinajstić information content (AvgIpc) is 2.94. The van der Waals surface area contributed by atoms with Crippen molar-refractivity contribution in [3.8, 4) is 0 Å². The summed E-state index contributed by atoms with van der Waals surface area (Å²) in [5.41, 5.74) is 0.428. The summed E-state index contributed by atoms with van der Waals surface area (Å²) in [6.07, 6.45) is 6.57. The molecule has 2 aliphatic rings. The predicted molar refractivity (Wildman–Crippen MR) is 68.1 cm³/mol. The van der Waals surface area contributed by atoms with Gasteiger partial charge in [-0.05, 0) is 19.3 Å². The second-order valence-corrected chi connectivity index (χ2v) is 4.85. The molecule has 1 saturated heterocycles. The molecule has 0 spiro atoms. The molecular formula is C13H17N3O3. The highest BCUT2D eigenvalue weighted by atomic mass is 16.5. The summed E-state index contributed by atoms with van der Waals surface area (Å²) in [5.74, 6) is 0.277. The highest BCUT2D eigenvalue weighted by Gasteiger charge is 2.38. The third kappa shape index (κ3) is 2.16. The van der Waals surface area contributed by atoms with Gasteiger partial charge in [0.1, 0.15) is 17.7 Å². The zero-order valence-electron chi connectivity index (χ0n) is 10.9. The molecule has 2 heterocycles. The van der Waals surface area contributed by atoms with Crippen molar-refractivity contribution in [2.45, 2.75) is 31.4 Å². The van der Waals surface area contributed by atoms with E-state index in [-0.39, 0.29) is 6.10 Å². The highest BCUT2D eigenvalue weighted by Crippen LogP contribution is 2.33. The first-order chi connectivity index (χ1) is 9.31. The summed E-state index contributed by atoms with van der Waals surface area (Å²) in [7, 11) is 1.37. The van der Waals surface area contributed by atoms with Gasteiger partial charge in [-0.1, -0.05) is 0 Å². The van der Waals surface area contributed by atoms with Gasteiger partial charge in [-0.25, -0.2) is 14.8 Å². The lowest BCUT2D eigenvalue weighted by molar-refractivity contribution is 0.0250. The lowest BCUT2D eigenvalue weighted by Crippen LogP contribution is -2.49. The Bertz CT molecular complexity index is 480. The first kappa shape index (κ1) is 12.3. The Kier molecular flexibility index (Phi) is 3.33. The average molecular weight is 263 g/mol. The van der Waals surface area contributed by atoms with Crippen LogP contribution in [0, 0.1) is 0 Å². The second kappa shape index (κ2) is 5.13. The molecule has 6 nitrogen and oxygen atoms in total. The van der Waals surface area contributed by atoms with Crippen molar-refractivity contribution in [2.24, 2.45) is 0 Å². The van der Waals surface area contributed by atoms with Gasteiger partial charge in [-0.15, -0.1) is 0 Å². The second-order valence-electron chi connectivity index (χ2n) is 4.85. The highest BCUT2D eigenvalue weighted by molar-refractivity contribution is 5.94. The van der Waals surface area contributed by atoms with Crippen molar-refractivity contribution in [3.05, 3.63) is 18.1 Å². The Morgan fingerprint density at radius 2 is 2.42 bits per heavy atom.